The van der Waals surface area contributed by atoms with Gasteiger partial charge in [0.05, 0.1) is 5.97 Å². The predicted molar refractivity (Wildman–Crippen MR) is 43.5 cm³/mol. The molecular weight excluding hydrogens is 282 g/mol. The van der Waals surface area contributed by atoms with E-state index in [0.717, 1.165) is 3.57 Å². The molecule has 0 aromatic heterocycles. The van der Waals surface area contributed by atoms with Crippen LogP contribution in [0.5, 0.6) is 0 Å². The van der Waals surface area contributed by atoms with Gasteiger partial charge < -0.3 is 9.90 Å². The fourth-order valence-corrected chi connectivity index (χ4v) is 0.946. The number of halogens is 1. The number of carboxylic acid groups (broad SMARTS) is 1. The molecule has 11 heavy (non-hydrogen) atoms. The van der Waals surface area contributed by atoms with Crippen molar-refractivity contribution in [3.05, 3.63) is 33.4 Å². The van der Waals surface area contributed by atoms with Gasteiger partial charge in [0.25, 0.3) is 0 Å². The van der Waals surface area contributed by atoms with Crippen LogP contribution < -0.4 is 56.5 Å². The third kappa shape index (κ3) is 4.00. The number of hydrogen-bond donors (Lipinski definition) is 0. The Bertz CT molecular complexity index is 245. The van der Waals surface area contributed by atoms with Crippen LogP contribution in [0.3, 0.4) is 0 Å². The minimum Gasteiger partial charge on any atom is -0.545 e. The second kappa shape index (κ2) is 5.66. The van der Waals surface area contributed by atoms with Gasteiger partial charge in [-0.25, -0.2) is 0 Å². The number of hydrogen-bond acceptors (Lipinski definition) is 2. The van der Waals surface area contributed by atoms with Crippen molar-refractivity contribution in [3.63, 3.8) is 0 Å². The Labute approximate surface area is 121 Å². The van der Waals surface area contributed by atoms with Crippen molar-refractivity contribution in [2.24, 2.45) is 0 Å². The minimum atomic E-state index is -1.13. The zero-order valence-corrected chi connectivity index (χ0v) is 11.3. The van der Waals surface area contributed by atoms with Crippen molar-refractivity contribution in [1.82, 2.24) is 0 Å². The first-order chi connectivity index (χ1) is 4.70. The van der Waals surface area contributed by atoms with Crippen LogP contribution >= 0.6 is 22.6 Å². The van der Waals surface area contributed by atoms with Gasteiger partial charge in [0.15, 0.2) is 0 Å². The van der Waals surface area contributed by atoms with Crippen molar-refractivity contribution < 1.29 is 61.3 Å². The van der Waals surface area contributed by atoms with Gasteiger partial charge in [-0.15, -0.1) is 0 Å². The van der Waals surface area contributed by atoms with Crippen LogP contribution in [0.2, 0.25) is 0 Å². The van der Waals surface area contributed by atoms with Gasteiger partial charge in [0, 0.05) is 3.57 Å². The van der Waals surface area contributed by atoms with Crippen LogP contribution in [-0.2, 0) is 0 Å². The van der Waals surface area contributed by atoms with Crippen LogP contribution in [0.1, 0.15) is 10.4 Å². The molecule has 0 fully saturated rings. The molecule has 0 aliphatic carbocycles. The predicted octanol–water partition coefficient (Wildman–Crippen LogP) is -2.34. The van der Waals surface area contributed by atoms with Crippen molar-refractivity contribution in [3.8, 4) is 0 Å². The topological polar surface area (TPSA) is 40.1 Å². The van der Waals surface area contributed by atoms with E-state index in [2.05, 4.69) is 22.6 Å². The van der Waals surface area contributed by atoms with Gasteiger partial charge in [-0.1, -0.05) is 12.1 Å². The molecule has 0 saturated heterocycles. The standard InChI is InChI=1S/C7H5IO2.K/c8-6-3-1-5(2-4-6)7(9)10;/h1-4H,(H,9,10);/q;+1/p-1. The molecule has 52 valence electrons. The molecule has 1 aromatic rings. The fraction of sp³-hybridized carbons (Fsp3) is 0. The molecule has 0 radical (unpaired) electrons. The molecule has 4 heteroatoms. The summed E-state index contributed by atoms with van der Waals surface area (Å²) in [5, 5.41) is 10.2. The van der Waals surface area contributed by atoms with Crippen LogP contribution in [0.25, 0.3) is 0 Å². The molecule has 0 aliphatic heterocycles. The summed E-state index contributed by atoms with van der Waals surface area (Å²) in [6.07, 6.45) is 0. The smallest absolute Gasteiger partial charge is 0.545 e. The second-order valence-electron chi connectivity index (χ2n) is 1.79. The Morgan fingerprint density at radius 1 is 1.27 bits per heavy atom. The van der Waals surface area contributed by atoms with Gasteiger partial charge in [-0.2, -0.15) is 0 Å². The van der Waals surface area contributed by atoms with E-state index in [1.807, 2.05) is 0 Å². The number of benzene rings is 1. The molecule has 0 atom stereocenters. The fourth-order valence-electron chi connectivity index (χ4n) is 0.586. The molecule has 0 saturated carbocycles. The van der Waals surface area contributed by atoms with E-state index in [9.17, 15) is 9.90 Å². The van der Waals surface area contributed by atoms with E-state index in [-0.39, 0.29) is 56.9 Å². The first-order valence-corrected chi connectivity index (χ1v) is 3.75. The Hall–Kier alpha value is 1.06. The van der Waals surface area contributed by atoms with Gasteiger partial charge in [-0.05, 0) is 40.3 Å². The molecule has 0 unspecified atom stereocenters. The maximum absolute atomic E-state index is 10.2. The summed E-state index contributed by atoms with van der Waals surface area (Å²) < 4.78 is 1.02. The van der Waals surface area contributed by atoms with Gasteiger partial charge in [0.2, 0.25) is 0 Å². The molecule has 2 nitrogen and oxygen atoms in total. The molecule has 0 N–H and O–H groups in total. The van der Waals surface area contributed by atoms with Gasteiger partial charge >= 0.3 is 51.4 Å². The van der Waals surface area contributed by atoms with E-state index >= 15 is 0 Å². The second-order valence-corrected chi connectivity index (χ2v) is 3.04. The monoisotopic (exact) mass is 286 g/mol. The molecule has 0 bridgehead atoms. The first kappa shape index (κ1) is 12.1. The molecule has 0 aliphatic rings. The quantitative estimate of drug-likeness (QED) is 0.429. The summed E-state index contributed by atoms with van der Waals surface area (Å²) in [5.74, 6) is -1.13. The van der Waals surface area contributed by atoms with Crippen LogP contribution in [0, 0.1) is 3.57 Å². The SMILES string of the molecule is O=C([O-])c1ccc(I)cc1.[K+]. The number of aromatic carboxylic acids is 1. The average Bonchev–Trinajstić information content (AvgIpc) is 1.88. The van der Waals surface area contributed by atoms with Crippen molar-refractivity contribution in [1.29, 1.82) is 0 Å². The van der Waals surface area contributed by atoms with Crippen LogP contribution in [0.4, 0.5) is 0 Å². The van der Waals surface area contributed by atoms with E-state index < -0.39 is 5.97 Å². The van der Waals surface area contributed by atoms with E-state index in [1.54, 1.807) is 12.1 Å². The maximum atomic E-state index is 10.2. The summed E-state index contributed by atoms with van der Waals surface area (Å²) in [6, 6.07) is 6.51. The number of rotatable bonds is 1. The summed E-state index contributed by atoms with van der Waals surface area (Å²) >= 11 is 2.11. The molecule has 1 rings (SSSR count). The summed E-state index contributed by atoms with van der Waals surface area (Å²) in [4.78, 5) is 10.2. The van der Waals surface area contributed by atoms with Crippen LogP contribution in [-0.4, -0.2) is 5.97 Å². The van der Waals surface area contributed by atoms with E-state index in [4.69, 9.17) is 0 Å². The Morgan fingerprint density at radius 3 is 2.09 bits per heavy atom. The third-order valence-corrected chi connectivity index (χ3v) is 1.80. The van der Waals surface area contributed by atoms with E-state index in [0.29, 0.717) is 0 Å². The number of carboxylic acids is 1. The van der Waals surface area contributed by atoms with Crippen molar-refractivity contribution >= 4 is 28.6 Å². The van der Waals surface area contributed by atoms with Crippen LogP contribution in [0.15, 0.2) is 24.3 Å². The zero-order chi connectivity index (χ0) is 7.56. The minimum absolute atomic E-state index is 0. The molecule has 0 heterocycles. The average molecular weight is 286 g/mol. The molecule has 0 amide bonds. The van der Waals surface area contributed by atoms with Crippen molar-refractivity contribution in [2.45, 2.75) is 0 Å². The molecular formula is C7H4IKO2. The maximum Gasteiger partial charge on any atom is 1.00 e. The number of carbonyl (C=O) groups is 1. The largest absolute Gasteiger partial charge is 1.00 e. The summed E-state index contributed by atoms with van der Waals surface area (Å²) in [6.45, 7) is 0. The first-order valence-electron chi connectivity index (χ1n) is 2.67. The Balaban J connectivity index is 0.000001000. The summed E-state index contributed by atoms with van der Waals surface area (Å²) in [7, 11) is 0. The van der Waals surface area contributed by atoms with Gasteiger partial charge in [-0.3, -0.25) is 0 Å². The molecule has 0 spiro atoms. The normalized spacial score (nSPS) is 8.45. The molecule has 1 aromatic carbocycles. The Morgan fingerprint density at radius 2 is 1.73 bits per heavy atom. The Kier molecular flexibility index (Phi) is 6.20. The van der Waals surface area contributed by atoms with E-state index in [1.165, 1.54) is 12.1 Å². The van der Waals surface area contributed by atoms with Crippen molar-refractivity contribution in [2.75, 3.05) is 0 Å². The number of carbonyl (C=O) groups excluding carboxylic acids is 1. The zero-order valence-electron chi connectivity index (χ0n) is 6.00. The summed E-state index contributed by atoms with van der Waals surface area (Å²) in [5.41, 5.74) is 0.223. The third-order valence-electron chi connectivity index (χ3n) is 1.08. The van der Waals surface area contributed by atoms with Gasteiger partial charge in [0.1, 0.15) is 0 Å².